The van der Waals surface area contributed by atoms with Crippen LogP contribution < -0.4 is 14.4 Å². The summed E-state index contributed by atoms with van der Waals surface area (Å²) in [6.45, 7) is 8.55. The molecule has 6 nitrogen and oxygen atoms in total. The van der Waals surface area contributed by atoms with Crippen molar-refractivity contribution in [3.05, 3.63) is 94.6 Å². The first kappa shape index (κ1) is 26.0. The quantitative estimate of drug-likeness (QED) is 0.216. The number of ketones is 1. The van der Waals surface area contributed by atoms with E-state index in [-0.39, 0.29) is 17.3 Å². The Labute approximate surface area is 218 Å². The van der Waals surface area contributed by atoms with E-state index in [2.05, 4.69) is 0 Å². The van der Waals surface area contributed by atoms with Crippen LogP contribution in [0.25, 0.3) is 5.76 Å². The number of amides is 1. The number of aliphatic hydroxyl groups excluding tert-OH is 1. The number of aliphatic hydroxyl groups is 1. The molecule has 192 valence electrons. The summed E-state index contributed by atoms with van der Waals surface area (Å²) in [4.78, 5) is 28.3. The van der Waals surface area contributed by atoms with Crippen molar-refractivity contribution in [1.82, 2.24) is 0 Å². The molecule has 1 N–H and O–H groups in total. The van der Waals surface area contributed by atoms with E-state index in [4.69, 9.17) is 9.47 Å². The van der Waals surface area contributed by atoms with Crippen molar-refractivity contribution in [3.63, 3.8) is 0 Å². The molecule has 3 aromatic carbocycles. The minimum absolute atomic E-state index is 0.0547. The van der Waals surface area contributed by atoms with Gasteiger partial charge < -0.3 is 14.6 Å². The van der Waals surface area contributed by atoms with E-state index in [9.17, 15) is 14.7 Å². The third-order valence-corrected chi connectivity index (χ3v) is 6.60. The summed E-state index contributed by atoms with van der Waals surface area (Å²) in [5, 5.41) is 11.6. The van der Waals surface area contributed by atoms with Crippen LogP contribution in [0.1, 0.15) is 61.4 Å². The number of nitrogens with zero attached hydrogens (tertiary/aromatic N) is 1. The summed E-state index contributed by atoms with van der Waals surface area (Å²) < 4.78 is 11.3. The number of hydrogen-bond acceptors (Lipinski definition) is 5. The molecule has 3 aromatic rings. The van der Waals surface area contributed by atoms with Crippen LogP contribution >= 0.6 is 0 Å². The number of hydrogen-bond donors (Lipinski definition) is 1. The van der Waals surface area contributed by atoms with E-state index < -0.39 is 17.7 Å². The minimum atomic E-state index is -0.799. The number of methoxy groups -OCH3 is 1. The maximum Gasteiger partial charge on any atom is 0.300 e. The first-order valence-electron chi connectivity index (χ1n) is 12.6. The van der Waals surface area contributed by atoms with Crippen molar-refractivity contribution in [1.29, 1.82) is 0 Å². The monoisotopic (exact) mass is 499 g/mol. The Hall–Kier alpha value is -4.06. The van der Waals surface area contributed by atoms with E-state index in [1.165, 1.54) is 4.90 Å². The van der Waals surface area contributed by atoms with Crippen molar-refractivity contribution in [2.24, 2.45) is 0 Å². The molecule has 0 saturated carbocycles. The van der Waals surface area contributed by atoms with Gasteiger partial charge in [0, 0.05) is 11.3 Å². The van der Waals surface area contributed by atoms with Crippen LogP contribution in [0.3, 0.4) is 0 Å². The van der Waals surface area contributed by atoms with Gasteiger partial charge in [-0.1, -0.05) is 51.1 Å². The summed E-state index contributed by atoms with van der Waals surface area (Å²) in [7, 11) is 1.61. The van der Waals surface area contributed by atoms with Crippen molar-refractivity contribution >= 4 is 23.1 Å². The van der Waals surface area contributed by atoms with Crippen molar-refractivity contribution in [2.45, 2.75) is 46.1 Å². The Bertz CT molecular complexity index is 1330. The van der Waals surface area contributed by atoms with Gasteiger partial charge >= 0.3 is 0 Å². The van der Waals surface area contributed by atoms with Gasteiger partial charge in [-0.15, -0.1) is 0 Å². The van der Waals surface area contributed by atoms with Crippen molar-refractivity contribution < 1.29 is 24.2 Å². The molecule has 0 aliphatic carbocycles. The van der Waals surface area contributed by atoms with Gasteiger partial charge in [-0.25, -0.2) is 0 Å². The maximum atomic E-state index is 13.5. The predicted molar refractivity (Wildman–Crippen MR) is 145 cm³/mol. The molecule has 1 amide bonds. The number of aryl methyl sites for hydroxylation is 1. The molecule has 0 aromatic heterocycles. The lowest BCUT2D eigenvalue weighted by atomic mass is 9.91. The highest BCUT2D eigenvalue weighted by Gasteiger charge is 2.47. The lowest BCUT2D eigenvalue weighted by Crippen LogP contribution is -2.29. The molecule has 0 bridgehead atoms. The molecule has 1 heterocycles. The number of Topliss-reactive ketones (excluding diaryl/α,β-unsaturated/α-hetero) is 1. The Morgan fingerprint density at radius 2 is 1.70 bits per heavy atom. The summed E-state index contributed by atoms with van der Waals surface area (Å²) in [5.41, 5.74) is 3.48. The van der Waals surface area contributed by atoms with Crippen LogP contribution in [0.15, 0.2) is 72.3 Å². The van der Waals surface area contributed by atoms with E-state index in [0.717, 1.165) is 17.5 Å². The van der Waals surface area contributed by atoms with Crippen LogP contribution in [0.2, 0.25) is 0 Å². The molecular formula is C31H33NO5. The second-order valence-corrected chi connectivity index (χ2v) is 9.49. The highest BCUT2D eigenvalue weighted by molar-refractivity contribution is 6.51. The Kier molecular flexibility index (Phi) is 7.67. The van der Waals surface area contributed by atoms with Gasteiger partial charge in [0.2, 0.25) is 0 Å². The fourth-order valence-electron chi connectivity index (χ4n) is 4.70. The number of rotatable bonds is 8. The van der Waals surface area contributed by atoms with Gasteiger partial charge in [0.25, 0.3) is 11.7 Å². The second kappa shape index (κ2) is 10.9. The highest BCUT2D eigenvalue weighted by Crippen LogP contribution is 2.43. The van der Waals surface area contributed by atoms with Crippen LogP contribution in [0.4, 0.5) is 5.69 Å². The first-order chi connectivity index (χ1) is 17.8. The molecule has 1 aliphatic rings. The van der Waals surface area contributed by atoms with Gasteiger partial charge in [0.15, 0.2) is 0 Å². The molecule has 37 heavy (non-hydrogen) atoms. The fourth-order valence-corrected chi connectivity index (χ4v) is 4.70. The van der Waals surface area contributed by atoms with Crippen LogP contribution in [0, 0.1) is 6.92 Å². The summed E-state index contributed by atoms with van der Waals surface area (Å²) in [5.74, 6) is -0.0587. The van der Waals surface area contributed by atoms with E-state index in [1.807, 2.05) is 82.3 Å². The zero-order chi connectivity index (χ0) is 26.7. The number of carbonyl (C=O) groups excluding carboxylic acids is 2. The molecule has 1 fully saturated rings. The number of benzene rings is 3. The number of anilines is 1. The van der Waals surface area contributed by atoms with Crippen LogP contribution in [-0.2, 0) is 9.59 Å². The first-order valence-corrected chi connectivity index (χ1v) is 12.6. The Morgan fingerprint density at radius 3 is 2.30 bits per heavy atom. The zero-order valence-electron chi connectivity index (χ0n) is 21.9. The average molecular weight is 500 g/mol. The normalized spacial score (nSPS) is 16.9. The molecule has 0 radical (unpaired) electrons. The molecule has 1 aliphatic heterocycles. The molecule has 1 saturated heterocycles. The van der Waals surface area contributed by atoms with Gasteiger partial charge in [-0.3, -0.25) is 14.5 Å². The van der Waals surface area contributed by atoms with Gasteiger partial charge in [-0.05, 0) is 72.4 Å². The standard InChI is InChI=1S/C31H33NO5/c1-6-16-37-23-14-12-21(13-15-23)28-27(30(34)31(35)32(28)22-10-8-7-9-11-22)29(33)25-18-24(19(2)3)26(36-5)17-20(25)4/h7-15,17-19,28,33H,6,16H2,1-5H3/b29-27+. The maximum absolute atomic E-state index is 13.5. The third kappa shape index (κ3) is 4.96. The lowest BCUT2D eigenvalue weighted by Gasteiger charge is -2.26. The minimum Gasteiger partial charge on any atom is -0.507 e. The van der Waals surface area contributed by atoms with E-state index in [1.54, 1.807) is 19.2 Å². The average Bonchev–Trinajstić information content (AvgIpc) is 3.17. The van der Waals surface area contributed by atoms with Crippen molar-refractivity contribution in [2.75, 3.05) is 18.6 Å². The number of carbonyl (C=O) groups is 2. The predicted octanol–water partition coefficient (Wildman–Crippen LogP) is 6.54. The fraction of sp³-hybridized carbons (Fsp3) is 0.290. The number of para-hydroxylation sites is 1. The SMILES string of the molecule is CCCOc1ccc(C2/C(=C(\O)c3cc(C(C)C)c(OC)cc3C)C(=O)C(=O)N2c2ccccc2)cc1. The molecule has 1 unspecified atom stereocenters. The molecule has 6 heteroatoms. The summed E-state index contributed by atoms with van der Waals surface area (Å²) >= 11 is 0. The Morgan fingerprint density at radius 1 is 1.03 bits per heavy atom. The third-order valence-electron chi connectivity index (χ3n) is 6.60. The van der Waals surface area contributed by atoms with Crippen molar-refractivity contribution in [3.8, 4) is 11.5 Å². The molecule has 1 atom stereocenters. The van der Waals surface area contributed by atoms with E-state index in [0.29, 0.717) is 34.9 Å². The van der Waals surface area contributed by atoms with Gasteiger partial charge in [0.1, 0.15) is 17.3 Å². The highest BCUT2D eigenvalue weighted by atomic mass is 16.5. The Balaban J connectivity index is 1.92. The summed E-state index contributed by atoms with van der Waals surface area (Å²) in [6.07, 6.45) is 0.884. The zero-order valence-corrected chi connectivity index (χ0v) is 21.9. The second-order valence-electron chi connectivity index (χ2n) is 9.49. The molecular weight excluding hydrogens is 466 g/mol. The lowest BCUT2D eigenvalue weighted by molar-refractivity contribution is -0.132. The van der Waals surface area contributed by atoms with Gasteiger partial charge in [0.05, 0.1) is 25.3 Å². The smallest absolute Gasteiger partial charge is 0.300 e. The van der Waals surface area contributed by atoms with Crippen LogP contribution in [-0.4, -0.2) is 30.5 Å². The largest absolute Gasteiger partial charge is 0.507 e. The van der Waals surface area contributed by atoms with E-state index >= 15 is 0 Å². The number of ether oxygens (including phenoxy) is 2. The topological polar surface area (TPSA) is 76.1 Å². The molecule has 0 spiro atoms. The van der Waals surface area contributed by atoms with Gasteiger partial charge in [-0.2, -0.15) is 0 Å². The van der Waals surface area contributed by atoms with Crippen LogP contribution in [0.5, 0.6) is 11.5 Å². The molecule has 4 rings (SSSR count). The summed E-state index contributed by atoms with van der Waals surface area (Å²) in [6, 6.07) is 19.3.